The molecule has 3 unspecified atom stereocenters. The van der Waals surface area contributed by atoms with Crippen molar-refractivity contribution in [1.29, 1.82) is 0 Å². The highest BCUT2D eigenvalue weighted by molar-refractivity contribution is 4.70. The number of unbranched alkanes of at least 4 members (excludes halogenated alkanes) is 4. The average molecular weight is 477 g/mol. The maximum Gasteiger partial charge on any atom is 0.283 e. The van der Waals surface area contributed by atoms with Crippen molar-refractivity contribution in [2.75, 3.05) is 19.8 Å². The molecule has 33 heavy (non-hydrogen) atoms. The molecule has 0 spiro atoms. The molecule has 0 saturated carbocycles. The Morgan fingerprint density at radius 3 is 2.06 bits per heavy atom. The van der Waals surface area contributed by atoms with E-state index < -0.39 is 5.97 Å². The molecule has 0 N–H and O–H groups in total. The fourth-order valence-electron chi connectivity index (χ4n) is 3.13. The van der Waals surface area contributed by atoms with E-state index in [0.717, 1.165) is 57.8 Å². The Morgan fingerprint density at radius 2 is 1.48 bits per heavy atom. The summed E-state index contributed by atoms with van der Waals surface area (Å²) < 4.78 is 25.0. The predicted molar refractivity (Wildman–Crippen MR) is 135 cm³/mol. The van der Waals surface area contributed by atoms with Crippen LogP contribution < -0.4 is 0 Å². The van der Waals surface area contributed by atoms with Crippen LogP contribution in [0.5, 0.6) is 0 Å². The summed E-state index contributed by atoms with van der Waals surface area (Å²) in [6, 6.07) is 0. The summed E-state index contributed by atoms with van der Waals surface area (Å²) in [7, 11) is 0. The first-order valence-corrected chi connectivity index (χ1v) is 13.5. The summed E-state index contributed by atoms with van der Waals surface area (Å²) in [6.07, 6.45) is 9.21. The first-order chi connectivity index (χ1) is 15.6. The number of hydrogen-bond donors (Lipinski definition) is 0. The van der Waals surface area contributed by atoms with Gasteiger partial charge in [0.15, 0.2) is 6.29 Å². The van der Waals surface area contributed by atoms with Crippen LogP contribution in [0.25, 0.3) is 0 Å². The molecule has 0 amide bonds. The molecule has 0 aliphatic heterocycles. The second-order valence-electron chi connectivity index (χ2n) is 10.5. The molecule has 0 saturated heterocycles. The number of hydrogen-bond acceptors (Lipinski definition) is 6. The summed E-state index contributed by atoms with van der Waals surface area (Å²) in [5.41, 5.74) is -0.383. The lowest BCUT2D eigenvalue weighted by Gasteiger charge is -2.40. The van der Waals surface area contributed by atoms with Crippen molar-refractivity contribution in [3.05, 3.63) is 0 Å². The Kier molecular flexibility index (Phi) is 18.9. The standard InChI is InChI=1S/C27H56O6/c1-10-13-17-21-30-32-25(28-20-14-11-2)18-15-16-19-27(29-22-23(4)5,31-24(6)12-3)33-26(7,8)9/h23-25H,10-22H2,1-9H3. The molecule has 3 atom stereocenters. The lowest BCUT2D eigenvalue weighted by Crippen LogP contribution is -2.47. The van der Waals surface area contributed by atoms with Crippen molar-refractivity contribution in [2.45, 2.75) is 150 Å². The zero-order valence-electron chi connectivity index (χ0n) is 23.4. The molecule has 0 radical (unpaired) electrons. The van der Waals surface area contributed by atoms with Gasteiger partial charge in [0.2, 0.25) is 0 Å². The smallest absolute Gasteiger partial charge is 0.283 e. The van der Waals surface area contributed by atoms with E-state index in [0.29, 0.717) is 32.2 Å². The highest BCUT2D eigenvalue weighted by Crippen LogP contribution is 2.31. The largest absolute Gasteiger partial charge is 0.350 e. The van der Waals surface area contributed by atoms with E-state index in [4.69, 9.17) is 28.7 Å². The number of ether oxygens (including phenoxy) is 4. The van der Waals surface area contributed by atoms with E-state index in [1.807, 2.05) is 20.8 Å². The molecule has 200 valence electrons. The van der Waals surface area contributed by atoms with Gasteiger partial charge in [0.25, 0.3) is 5.97 Å². The normalized spacial score (nSPS) is 16.2. The Hall–Kier alpha value is -0.240. The zero-order chi connectivity index (χ0) is 25.2. The van der Waals surface area contributed by atoms with E-state index in [2.05, 4.69) is 41.5 Å². The van der Waals surface area contributed by atoms with Crippen LogP contribution in [0.2, 0.25) is 0 Å². The topological polar surface area (TPSA) is 55.4 Å². The van der Waals surface area contributed by atoms with Crippen LogP contribution in [0.4, 0.5) is 0 Å². The molecule has 0 aliphatic rings. The Labute approximate surface area is 205 Å². The zero-order valence-corrected chi connectivity index (χ0v) is 23.4. The van der Waals surface area contributed by atoms with Gasteiger partial charge in [-0.05, 0) is 65.7 Å². The highest BCUT2D eigenvalue weighted by atomic mass is 17.2. The van der Waals surface area contributed by atoms with Gasteiger partial charge in [0.05, 0.1) is 24.9 Å². The Balaban J connectivity index is 4.96. The van der Waals surface area contributed by atoms with E-state index in [1.165, 1.54) is 0 Å². The molecule has 0 aromatic heterocycles. The van der Waals surface area contributed by atoms with Gasteiger partial charge < -0.3 is 18.9 Å². The van der Waals surface area contributed by atoms with Gasteiger partial charge in [-0.2, -0.15) is 0 Å². The van der Waals surface area contributed by atoms with Gasteiger partial charge in [-0.3, -0.25) is 0 Å². The third-order valence-electron chi connectivity index (χ3n) is 5.03. The second kappa shape index (κ2) is 19.0. The maximum atomic E-state index is 6.41. The van der Waals surface area contributed by atoms with Crippen LogP contribution >= 0.6 is 0 Å². The van der Waals surface area contributed by atoms with Gasteiger partial charge in [0, 0.05) is 19.4 Å². The first kappa shape index (κ1) is 32.8. The van der Waals surface area contributed by atoms with E-state index in [9.17, 15) is 0 Å². The summed E-state index contributed by atoms with van der Waals surface area (Å²) in [4.78, 5) is 11.0. The third kappa shape index (κ3) is 18.7. The van der Waals surface area contributed by atoms with Crippen molar-refractivity contribution in [2.24, 2.45) is 5.92 Å². The molecular formula is C27H56O6. The number of rotatable bonds is 22. The Morgan fingerprint density at radius 1 is 0.788 bits per heavy atom. The summed E-state index contributed by atoms with van der Waals surface area (Å²) >= 11 is 0. The van der Waals surface area contributed by atoms with Gasteiger partial charge in [-0.15, -0.1) is 0 Å². The van der Waals surface area contributed by atoms with Crippen molar-refractivity contribution in [3.8, 4) is 0 Å². The molecule has 6 nitrogen and oxygen atoms in total. The molecule has 0 bridgehead atoms. The lowest BCUT2D eigenvalue weighted by atomic mass is 10.1. The molecule has 0 aliphatic carbocycles. The summed E-state index contributed by atoms with van der Waals surface area (Å²) in [5, 5.41) is 0. The van der Waals surface area contributed by atoms with E-state index in [1.54, 1.807) is 0 Å². The molecule has 6 heteroatoms. The van der Waals surface area contributed by atoms with Crippen molar-refractivity contribution >= 4 is 0 Å². The summed E-state index contributed by atoms with van der Waals surface area (Å²) in [6.45, 7) is 20.8. The Bertz CT molecular complexity index is 437. The van der Waals surface area contributed by atoms with Crippen LogP contribution in [-0.4, -0.2) is 43.8 Å². The quantitative estimate of drug-likeness (QED) is 0.0688. The molecule has 0 aromatic carbocycles. The molecule has 0 fully saturated rings. The van der Waals surface area contributed by atoms with Gasteiger partial charge >= 0.3 is 0 Å². The molecular weight excluding hydrogens is 420 g/mol. The minimum absolute atomic E-state index is 0.0458. The van der Waals surface area contributed by atoms with Crippen molar-refractivity contribution < 1.29 is 28.7 Å². The maximum absolute atomic E-state index is 6.41. The molecule has 0 heterocycles. The van der Waals surface area contributed by atoms with Gasteiger partial charge in [-0.1, -0.05) is 53.9 Å². The van der Waals surface area contributed by atoms with Crippen molar-refractivity contribution in [1.82, 2.24) is 0 Å². The van der Waals surface area contributed by atoms with Crippen LogP contribution in [0.15, 0.2) is 0 Å². The van der Waals surface area contributed by atoms with E-state index >= 15 is 0 Å². The van der Waals surface area contributed by atoms with Gasteiger partial charge in [0.1, 0.15) is 0 Å². The highest BCUT2D eigenvalue weighted by Gasteiger charge is 2.39. The predicted octanol–water partition coefficient (Wildman–Crippen LogP) is 7.78. The van der Waals surface area contributed by atoms with Gasteiger partial charge in [-0.25, -0.2) is 9.78 Å². The molecule has 0 rings (SSSR count). The van der Waals surface area contributed by atoms with Crippen LogP contribution in [0.1, 0.15) is 127 Å². The minimum atomic E-state index is -1.05. The van der Waals surface area contributed by atoms with Crippen molar-refractivity contribution in [3.63, 3.8) is 0 Å². The van der Waals surface area contributed by atoms with E-state index in [-0.39, 0.29) is 18.0 Å². The summed E-state index contributed by atoms with van der Waals surface area (Å²) in [5.74, 6) is -0.656. The fourth-order valence-corrected chi connectivity index (χ4v) is 3.13. The van der Waals surface area contributed by atoms with Crippen LogP contribution in [-0.2, 0) is 28.7 Å². The van der Waals surface area contributed by atoms with Crippen LogP contribution in [0, 0.1) is 5.92 Å². The fraction of sp³-hybridized carbons (Fsp3) is 1.00. The minimum Gasteiger partial charge on any atom is -0.350 e. The first-order valence-electron chi connectivity index (χ1n) is 13.5. The molecule has 0 aromatic rings. The SMILES string of the molecule is CCCCCOOC(CCCCC(OCC(C)C)(OC(C)CC)OC(C)(C)C)OCCCC. The second-order valence-corrected chi connectivity index (χ2v) is 10.5. The third-order valence-corrected chi connectivity index (χ3v) is 5.03. The van der Waals surface area contributed by atoms with Crippen LogP contribution in [0.3, 0.4) is 0 Å². The monoisotopic (exact) mass is 476 g/mol. The average Bonchev–Trinajstić information content (AvgIpc) is 2.73. The lowest BCUT2D eigenvalue weighted by molar-refractivity contribution is -0.420.